The number of aryl methyl sites for hydroxylation is 1. The summed E-state index contributed by atoms with van der Waals surface area (Å²) >= 11 is 0. The molecule has 32 heavy (non-hydrogen) atoms. The quantitative estimate of drug-likeness (QED) is 0.446. The Labute approximate surface area is 191 Å². The van der Waals surface area contributed by atoms with E-state index in [2.05, 4.69) is 0 Å². The van der Waals surface area contributed by atoms with E-state index in [0.29, 0.717) is 25.0 Å². The smallest absolute Gasteiger partial charge is 0.324 e. The number of carbonyl (C=O) groups is 2. The van der Waals surface area contributed by atoms with E-state index in [1.54, 1.807) is 39.0 Å². The van der Waals surface area contributed by atoms with Crippen molar-refractivity contribution in [1.82, 2.24) is 4.31 Å². The first-order valence-corrected chi connectivity index (χ1v) is 12.9. The number of hydrogen-bond donors (Lipinski definition) is 0. The average molecular weight is 466 g/mol. The number of rotatable bonds is 7. The lowest BCUT2D eigenvalue weighted by molar-refractivity contribution is -0.158. The van der Waals surface area contributed by atoms with Crippen molar-refractivity contribution in [3.63, 3.8) is 0 Å². The van der Waals surface area contributed by atoms with Crippen molar-refractivity contribution < 1.29 is 27.5 Å². The number of benzene rings is 1. The Morgan fingerprint density at radius 3 is 2.56 bits per heavy atom. The molecule has 2 fully saturated rings. The van der Waals surface area contributed by atoms with Crippen LogP contribution in [0.15, 0.2) is 23.1 Å². The molecule has 0 radical (unpaired) electrons. The molecule has 1 saturated carbocycles. The van der Waals surface area contributed by atoms with Crippen molar-refractivity contribution in [1.29, 1.82) is 0 Å². The van der Waals surface area contributed by atoms with Gasteiger partial charge in [-0.3, -0.25) is 4.79 Å². The van der Waals surface area contributed by atoms with Gasteiger partial charge in [0, 0.05) is 18.9 Å². The molecule has 1 saturated heterocycles. The Bertz CT molecular complexity index is 936. The summed E-state index contributed by atoms with van der Waals surface area (Å²) < 4.78 is 40.4. The van der Waals surface area contributed by atoms with Crippen molar-refractivity contribution in [2.24, 2.45) is 5.92 Å². The van der Waals surface area contributed by atoms with Crippen molar-refractivity contribution in [2.75, 3.05) is 6.54 Å². The first-order valence-electron chi connectivity index (χ1n) is 11.5. The van der Waals surface area contributed by atoms with Crippen LogP contribution in [0.2, 0.25) is 0 Å². The number of sulfonamides is 1. The van der Waals surface area contributed by atoms with Gasteiger partial charge in [0.2, 0.25) is 10.0 Å². The second kappa shape index (κ2) is 9.91. The molecule has 1 aromatic carbocycles. The lowest BCUT2D eigenvalue weighted by Crippen LogP contribution is -2.43. The predicted molar refractivity (Wildman–Crippen MR) is 121 cm³/mol. The van der Waals surface area contributed by atoms with E-state index in [-0.39, 0.29) is 23.5 Å². The van der Waals surface area contributed by atoms with Gasteiger partial charge in [0.05, 0.1) is 0 Å². The molecule has 1 aromatic rings. The van der Waals surface area contributed by atoms with Crippen molar-refractivity contribution in [2.45, 2.75) is 95.3 Å². The van der Waals surface area contributed by atoms with Crippen LogP contribution < -0.4 is 4.74 Å². The number of esters is 1. The van der Waals surface area contributed by atoms with E-state index >= 15 is 0 Å². The third-order valence-corrected chi connectivity index (χ3v) is 8.03. The summed E-state index contributed by atoms with van der Waals surface area (Å²) in [6.45, 7) is 7.45. The maximum Gasteiger partial charge on any atom is 0.324 e. The van der Waals surface area contributed by atoms with E-state index in [1.165, 1.54) is 4.31 Å². The highest BCUT2D eigenvalue weighted by atomic mass is 32.2. The third kappa shape index (κ3) is 5.70. The maximum atomic E-state index is 13.7. The van der Waals surface area contributed by atoms with E-state index in [4.69, 9.17) is 9.47 Å². The first kappa shape index (κ1) is 24.7. The van der Waals surface area contributed by atoms with Crippen molar-refractivity contribution in [3.8, 4) is 5.75 Å². The molecule has 1 aliphatic carbocycles. The monoisotopic (exact) mass is 465 g/mol. The molecule has 0 spiro atoms. The normalized spacial score (nSPS) is 24.8. The van der Waals surface area contributed by atoms with Gasteiger partial charge in [-0.25, -0.2) is 8.42 Å². The van der Waals surface area contributed by atoms with Gasteiger partial charge in [-0.2, -0.15) is 4.31 Å². The zero-order valence-corrected chi connectivity index (χ0v) is 20.3. The van der Waals surface area contributed by atoms with Crippen LogP contribution in [0.3, 0.4) is 0 Å². The van der Waals surface area contributed by atoms with E-state index in [1.807, 2.05) is 6.92 Å². The molecule has 0 bridgehead atoms. The maximum absolute atomic E-state index is 13.7. The minimum Gasteiger partial charge on any atom is -0.489 e. The lowest BCUT2D eigenvalue weighted by atomic mass is 9.84. The Hall–Kier alpha value is -1.93. The van der Waals surface area contributed by atoms with Crippen LogP contribution in [-0.2, 0) is 24.3 Å². The number of nitrogens with zero attached hydrogens (tertiary/aromatic N) is 1. The fourth-order valence-corrected chi connectivity index (χ4v) is 6.32. The molecule has 8 heteroatoms. The minimum atomic E-state index is -3.98. The van der Waals surface area contributed by atoms with Crippen LogP contribution in [-0.4, -0.2) is 49.3 Å². The minimum absolute atomic E-state index is 0.0639. The first-order chi connectivity index (χ1) is 15.0. The number of ether oxygens (including phenoxy) is 2. The predicted octanol–water partition coefficient (Wildman–Crippen LogP) is 4.02. The van der Waals surface area contributed by atoms with Crippen LogP contribution in [0, 0.1) is 12.8 Å². The molecule has 0 aromatic heterocycles. The zero-order valence-electron chi connectivity index (χ0n) is 19.5. The SMILES string of the molecule is Cc1ccc(S(=O)(=O)N2CCC[C@H]2C(=O)OC(C)(C)C)c(O[C@@H]2CCCC[C@H]2CC=O)c1. The van der Waals surface area contributed by atoms with Gasteiger partial charge in [0.15, 0.2) is 0 Å². The molecule has 1 aliphatic heterocycles. The lowest BCUT2D eigenvalue weighted by Gasteiger charge is -2.32. The van der Waals surface area contributed by atoms with Crippen LogP contribution >= 0.6 is 0 Å². The molecule has 178 valence electrons. The van der Waals surface area contributed by atoms with Crippen LogP contribution in [0.4, 0.5) is 0 Å². The summed E-state index contributed by atoms with van der Waals surface area (Å²) in [7, 11) is -3.98. The largest absolute Gasteiger partial charge is 0.489 e. The van der Waals surface area contributed by atoms with Crippen LogP contribution in [0.25, 0.3) is 0 Å². The van der Waals surface area contributed by atoms with Gasteiger partial charge in [-0.15, -0.1) is 0 Å². The second-order valence-electron chi connectivity index (χ2n) is 9.86. The van der Waals surface area contributed by atoms with E-state index < -0.39 is 27.6 Å². The zero-order chi connectivity index (χ0) is 23.5. The van der Waals surface area contributed by atoms with E-state index in [9.17, 15) is 18.0 Å². The summed E-state index contributed by atoms with van der Waals surface area (Å²) in [5.74, 6) is -0.146. The molecule has 1 heterocycles. The molecular weight excluding hydrogens is 430 g/mol. The summed E-state index contributed by atoms with van der Waals surface area (Å²) in [4.78, 5) is 23.9. The third-order valence-electron chi connectivity index (χ3n) is 6.09. The van der Waals surface area contributed by atoms with Gasteiger partial charge < -0.3 is 14.3 Å². The highest BCUT2D eigenvalue weighted by Gasteiger charge is 2.43. The fraction of sp³-hybridized carbons (Fsp3) is 0.667. The van der Waals surface area contributed by atoms with Gasteiger partial charge in [-0.1, -0.05) is 12.5 Å². The van der Waals surface area contributed by atoms with Gasteiger partial charge in [0.1, 0.15) is 34.7 Å². The molecular formula is C24H35NO6S. The highest BCUT2D eigenvalue weighted by molar-refractivity contribution is 7.89. The Kier molecular flexibility index (Phi) is 7.65. The topological polar surface area (TPSA) is 90.0 Å². The molecule has 3 atom stereocenters. The number of carbonyl (C=O) groups excluding carboxylic acids is 2. The molecule has 0 unspecified atom stereocenters. The van der Waals surface area contributed by atoms with Gasteiger partial charge in [0.25, 0.3) is 0 Å². The van der Waals surface area contributed by atoms with Crippen molar-refractivity contribution >= 4 is 22.3 Å². The van der Waals surface area contributed by atoms with Crippen LogP contribution in [0.1, 0.15) is 71.3 Å². The second-order valence-corrected chi connectivity index (χ2v) is 11.7. The molecule has 3 rings (SSSR count). The molecule has 0 N–H and O–H groups in total. The fourth-order valence-electron chi connectivity index (χ4n) is 4.57. The van der Waals surface area contributed by atoms with Crippen molar-refractivity contribution in [3.05, 3.63) is 23.8 Å². The Morgan fingerprint density at radius 1 is 1.16 bits per heavy atom. The molecule has 2 aliphatic rings. The average Bonchev–Trinajstić information content (AvgIpc) is 3.19. The van der Waals surface area contributed by atoms with Gasteiger partial charge in [-0.05, 0) is 77.5 Å². The molecule has 7 nitrogen and oxygen atoms in total. The summed E-state index contributed by atoms with van der Waals surface area (Å²) in [5, 5.41) is 0. The standard InChI is InChI=1S/C24H35NO6S/c1-17-11-12-22(21(16-17)30-20-10-6-5-8-18(20)13-15-26)32(28,29)25-14-7-9-19(25)23(27)31-24(2,3)4/h11-12,15-16,18-20H,5-10,13-14H2,1-4H3/t18-,19-,20+/m0/s1. The molecule has 0 amide bonds. The summed E-state index contributed by atoms with van der Waals surface area (Å²) in [5.41, 5.74) is 0.189. The Morgan fingerprint density at radius 2 is 1.88 bits per heavy atom. The highest BCUT2D eigenvalue weighted by Crippen LogP contribution is 2.36. The van der Waals surface area contributed by atoms with Crippen LogP contribution in [0.5, 0.6) is 5.75 Å². The number of aldehydes is 1. The Balaban J connectivity index is 1.91. The summed E-state index contributed by atoms with van der Waals surface area (Å²) in [6.07, 6.45) is 5.85. The van der Waals surface area contributed by atoms with Gasteiger partial charge >= 0.3 is 5.97 Å². The van der Waals surface area contributed by atoms with E-state index in [0.717, 1.165) is 37.5 Å². The number of hydrogen-bond acceptors (Lipinski definition) is 6. The summed E-state index contributed by atoms with van der Waals surface area (Å²) in [6, 6.07) is 4.19.